The Morgan fingerprint density at radius 2 is 1.83 bits per heavy atom. The highest BCUT2D eigenvalue weighted by molar-refractivity contribution is 4.87. The van der Waals surface area contributed by atoms with E-state index in [1.165, 1.54) is 14.2 Å². The highest BCUT2D eigenvalue weighted by atomic mass is 16.7. The van der Waals surface area contributed by atoms with E-state index in [-0.39, 0.29) is 6.61 Å². The number of aliphatic hydroxyl groups excluding tert-OH is 2. The third kappa shape index (κ3) is 1.60. The first-order valence-corrected chi connectivity index (χ1v) is 3.74. The quantitative estimate of drug-likeness (QED) is 0.563. The summed E-state index contributed by atoms with van der Waals surface area (Å²) in [5, 5.41) is 18.1. The van der Waals surface area contributed by atoms with Crippen LogP contribution in [0.5, 0.6) is 0 Å². The average molecular weight is 178 g/mol. The molecule has 12 heavy (non-hydrogen) atoms. The maximum Gasteiger partial charge on any atom is 0.184 e. The molecule has 0 aromatic heterocycles. The van der Waals surface area contributed by atoms with Crippen LogP contribution in [0.4, 0.5) is 0 Å². The van der Waals surface area contributed by atoms with Gasteiger partial charge in [-0.3, -0.25) is 0 Å². The fraction of sp³-hybridized carbons (Fsp3) is 1.00. The van der Waals surface area contributed by atoms with Crippen LogP contribution in [0.3, 0.4) is 0 Å². The van der Waals surface area contributed by atoms with E-state index in [0.29, 0.717) is 0 Å². The predicted molar refractivity (Wildman–Crippen MR) is 39.6 cm³/mol. The minimum absolute atomic E-state index is 0.185. The third-order valence-electron chi connectivity index (χ3n) is 2.01. The Morgan fingerprint density at radius 1 is 1.25 bits per heavy atom. The number of ether oxygens (including phenoxy) is 3. The predicted octanol–water partition coefficient (Wildman–Crippen LogP) is -1.27. The molecule has 0 aromatic rings. The maximum absolute atomic E-state index is 9.25. The van der Waals surface area contributed by atoms with Gasteiger partial charge in [-0.1, -0.05) is 0 Å². The molecule has 0 aliphatic carbocycles. The smallest absolute Gasteiger partial charge is 0.184 e. The molecule has 5 nitrogen and oxygen atoms in total. The van der Waals surface area contributed by atoms with Crippen molar-refractivity contribution in [3.05, 3.63) is 0 Å². The average Bonchev–Trinajstić information content (AvgIpc) is 2.40. The molecule has 0 saturated carbocycles. The van der Waals surface area contributed by atoms with Gasteiger partial charge >= 0.3 is 0 Å². The monoisotopic (exact) mass is 178 g/mol. The number of aliphatic hydroxyl groups is 2. The summed E-state index contributed by atoms with van der Waals surface area (Å²) < 4.78 is 14.9. The Balaban J connectivity index is 2.61. The van der Waals surface area contributed by atoms with E-state index in [4.69, 9.17) is 19.3 Å². The molecular formula is C7H14O5. The summed E-state index contributed by atoms with van der Waals surface area (Å²) >= 11 is 0. The molecular weight excluding hydrogens is 164 g/mol. The first-order valence-electron chi connectivity index (χ1n) is 3.74. The molecule has 1 fully saturated rings. The molecule has 0 bridgehead atoms. The van der Waals surface area contributed by atoms with Gasteiger partial charge in [0.15, 0.2) is 6.29 Å². The second kappa shape index (κ2) is 4.15. The molecule has 0 spiro atoms. The van der Waals surface area contributed by atoms with Crippen LogP contribution in [0.1, 0.15) is 0 Å². The Morgan fingerprint density at radius 3 is 2.25 bits per heavy atom. The van der Waals surface area contributed by atoms with Crippen molar-refractivity contribution in [3.63, 3.8) is 0 Å². The molecule has 0 aromatic carbocycles. The zero-order valence-corrected chi connectivity index (χ0v) is 7.14. The number of hydrogen-bond acceptors (Lipinski definition) is 5. The van der Waals surface area contributed by atoms with Crippen LogP contribution < -0.4 is 0 Å². The van der Waals surface area contributed by atoms with Crippen molar-refractivity contribution < 1.29 is 24.4 Å². The summed E-state index contributed by atoms with van der Waals surface area (Å²) in [7, 11) is 2.95. The highest BCUT2D eigenvalue weighted by Gasteiger charge is 2.44. The van der Waals surface area contributed by atoms with Gasteiger partial charge in [-0.25, -0.2) is 0 Å². The highest BCUT2D eigenvalue weighted by Crippen LogP contribution is 2.23. The lowest BCUT2D eigenvalue weighted by atomic mass is 10.1. The molecule has 72 valence electrons. The van der Waals surface area contributed by atoms with Crippen molar-refractivity contribution in [2.45, 2.75) is 24.6 Å². The summed E-state index contributed by atoms with van der Waals surface area (Å²) in [5.74, 6) is 0. The molecule has 2 N–H and O–H groups in total. The van der Waals surface area contributed by atoms with E-state index < -0.39 is 24.6 Å². The van der Waals surface area contributed by atoms with Crippen molar-refractivity contribution in [2.75, 3.05) is 20.8 Å². The Bertz CT molecular complexity index is 140. The van der Waals surface area contributed by atoms with Gasteiger partial charge in [0, 0.05) is 14.2 Å². The molecule has 1 aliphatic rings. The molecule has 0 unspecified atom stereocenters. The van der Waals surface area contributed by atoms with Crippen LogP contribution in [0.25, 0.3) is 0 Å². The molecule has 1 saturated heterocycles. The van der Waals surface area contributed by atoms with E-state index >= 15 is 0 Å². The second-order valence-electron chi connectivity index (χ2n) is 2.65. The molecule has 0 amide bonds. The summed E-state index contributed by atoms with van der Waals surface area (Å²) in [4.78, 5) is 0. The first-order chi connectivity index (χ1) is 5.74. The lowest BCUT2D eigenvalue weighted by molar-refractivity contribution is -0.140. The van der Waals surface area contributed by atoms with Crippen molar-refractivity contribution in [1.82, 2.24) is 0 Å². The van der Waals surface area contributed by atoms with Crippen LogP contribution in [0.2, 0.25) is 0 Å². The van der Waals surface area contributed by atoms with Crippen LogP contribution in [0, 0.1) is 0 Å². The normalized spacial score (nSPS) is 42.0. The Labute approximate surface area is 70.9 Å². The van der Waals surface area contributed by atoms with Gasteiger partial charge in [-0.15, -0.1) is 0 Å². The van der Waals surface area contributed by atoms with E-state index in [1.54, 1.807) is 0 Å². The Hall–Kier alpha value is -0.200. The SMILES string of the molecule is CO[C@@H]1[C@@H](OC)[C@@H](O)O[C@H]1CO. The first kappa shape index (κ1) is 9.88. The summed E-state index contributed by atoms with van der Waals surface area (Å²) in [6.07, 6.45) is -2.45. The van der Waals surface area contributed by atoms with Crippen LogP contribution >= 0.6 is 0 Å². The fourth-order valence-corrected chi connectivity index (χ4v) is 1.39. The van der Waals surface area contributed by atoms with Crippen LogP contribution in [0.15, 0.2) is 0 Å². The van der Waals surface area contributed by atoms with Crippen molar-refractivity contribution in [2.24, 2.45) is 0 Å². The molecule has 1 aliphatic heterocycles. The van der Waals surface area contributed by atoms with Gasteiger partial charge in [-0.05, 0) is 0 Å². The molecule has 0 radical (unpaired) electrons. The van der Waals surface area contributed by atoms with E-state index in [1.807, 2.05) is 0 Å². The van der Waals surface area contributed by atoms with Crippen molar-refractivity contribution in [3.8, 4) is 0 Å². The van der Waals surface area contributed by atoms with Gasteiger partial charge in [0.25, 0.3) is 0 Å². The van der Waals surface area contributed by atoms with Gasteiger partial charge in [0.05, 0.1) is 6.61 Å². The number of methoxy groups -OCH3 is 2. The number of rotatable bonds is 3. The second-order valence-corrected chi connectivity index (χ2v) is 2.65. The minimum atomic E-state index is -1.02. The van der Waals surface area contributed by atoms with Gasteiger partial charge < -0.3 is 24.4 Å². The number of hydrogen-bond donors (Lipinski definition) is 2. The standard InChI is InChI=1S/C7H14O5/c1-10-5-4(3-8)12-7(9)6(5)11-2/h4-9H,3H2,1-2H3/t4-,5-,6+,7-/m0/s1. The largest absolute Gasteiger partial charge is 0.394 e. The van der Waals surface area contributed by atoms with Crippen LogP contribution in [-0.2, 0) is 14.2 Å². The topological polar surface area (TPSA) is 68.2 Å². The van der Waals surface area contributed by atoms with Gasteiger partial charge in [0.1, 0.15) is 18.3 Å². The summed E-state index contributed by atoms with van der Waals surface area (Å²) in [6, 6.07) is 0. The lowest BCUT2D eigenvalue weighted by Crippen LogP contribution is -2.37. The van der Waals surface area contributed by atoms with E-state index in [0.717, 1.165) is 0 Å². The van der Waals surface area contributed by atoms with Gasteiger partial charge in [0.2, 0.25) is 0 Å². The lowest BCUT2D eigenvalue weighted by Gasteiger charge is -2.18. The summed E-state index contributed by atoms with van der Waals surface area (Å²) in [6.45, 7) is -0.185. The molecule has 4 atom stereocenters. The molecule has 1 heterocycles. The van der Waals surface area contributed by atoms with Crippen LogP contribution in [-0.4, -0.2) is 55.6 Å². The Kier molecular flexibility index (Phi) is 3.42. The minimum Gasteiger partial charge on any atom is -0.394 e. The zero-order valence-electron chi connectivity index (χ0n) is 7.14. The fourth-order valence-electron chi connectivity index (χ4n) is 1.39. The third-order valence-corrected chi connectivity index (χ3v) is 2.01. The summed E-state index contributed by atoms with van der Waals surface area (Å²) in [5.41, 5.74) is 0. The van der Waals surface area contributed by atoms with E-state index in [9.17, 15) is 5.11 Å². The van der Waals surface area contributed by atoms with Gasteiger partial charge in [-0.2, -0.15) is 0 Å². The molecule has 1 rings (SSSR count). The maximum atomic E-state index is 9.25. The molecule has 5 heteroatoms. The van der Waals surface area contributed by atoms with Crippen molar-refractivity contribution >= 4 is 0 Å². The zero-order chi connectivity index (χ0) is 9.14. The van der Waals surface area contributed by atoms with Crippen molar-refractivity contribution in [1.29, 1.82) is 0 Å². The van der Waals surface area contributed by atoms with E-state index in [2.05, 4.69) is 0 Å².